The van der Waals surface area contributed by atoms with Crippen molar-refractivity contribution in [2.24, 2.45) is 0 Å². The first-order valence-electron chi connectivity index (χ1n) is 10.0. The Bertz CT molecular complexity index is 1340. The van der Waals surface area contributed by atoms with Gasteiger partial charge in [0, 0.05) is 29.5 Å². The molecule has 4 N–H and O–H groups in total. The molecule has 1 unspecified atom stereocenters. The first-order valence-corrected chi connectivity index (χ1v) is 10.4. The van der Waals surface area contributed by atoms with Crippen LogP contribution >= 0.6 is 11.6 Å². The number of pyridine rings is 1. The van der Waals surface area contributed by atoms with Crippen molar-refractivity contribution >= 4 is 28.8 Å². The number of hydrogen-bond donors (Lipinski definition) is 3. The molecule has 0 aliphatic rings. The molecule has 8 nitrogen and oxygen atoms in total. The number of anilines is 1. The van der Waals surface area contributed by atoms with Gasteiger partial charge in [0.25, 0.3) is 5.91 Å². The molecule has 0 aliphatic heterocycles. The molecular weight excluding hydrogens is 473 g/mol. The van der Waals surface area contributed by atoms with Gasteiger partial charge in [-0.25, -0.2) is 9.50 Å². The number of carbonyl (C=O) groups is 1. The topological polar surface area (TPSA) is 118 Å². The zero-order valence-corrected chi connectivity index (χ0v) is 18.2. The van der Waals surface area contributed by atoms with Crippen molar-refractivity contribution < 1.29 is 23.1 Å². The molecule has 0 saturated heterocycles. The Labute approximate surface area is 196 Å². The number of benzene rings is 1. The average molecular weight is 491 g/mol. The van der Waals surface area contributed by atoms with Crippen LogP contribution in [0.5, 0.6) is 0 Å². The minimum atomic E-state index is -4.68. The van der Waals surface area contributed by atoms with Crippen molar-refractivity contribution in [3.8, 4) is 11.3 Å². The largest absolute Gasteiger partial charge is 0.418 e. The van der Waals surface area contributed by atoms with E-state index >= 15 is 0 Å². The van der Waals surface area contributed by atoms with Gasteiger partial charge >= 0.3 is 6.18 Å². The van der Waals surface area contributed by atoms with E-state index in [1.165, 1.54) is 18.5 Å². The number of nitrogens with one attached hydrogen (secondary N) is 1. The number of rotatable bonds is 6. The number of halogens is 4. The molecule has 3 aromatic heterocycles. The lowest BCUT2D eigenvalue weighted by atomic mass is 10.1. The number of alkyl halides is 3. The van der Waals surface area contributed by atoms with Crippen LogP contribution in [0.1, 0.15) is 34.0 Å². The number of aliphatic hydroxyl groups excluding tert-OH is 1. The van der Waals surface area contributed by atoms with Crippen LogP contribution in [0.25, 0.3) is 16.8 Å². The van der Waals surface area contributed by atoms with E-state index in [-0.39, 0.29) is 41.1 Å². The van der Waals surface area contributed by atoms with Gasteiger partial charge in [0.15, 0.2) is 5.82 Å². The maximum Gasteiger partial charge on any atom is 0.418 e. The number of aliphatic hydroxyl groups is 1. The quantitative estimate of drug-likeness (QED) is 0.377. The molecule has 176 valence electrons. The van der Waals surface area contributed by atoms with Crippen LogP contribution in [0.15, 0.2) is 55.1 Å². The van der Waals surface area contributed by atoms with Crippen LogP contribution in [-0.2, 0) is 6.18 Å². The third kappa shape index (κ3) is 4.80. The molecule has 0 saturated carbocycles. The second kappa shape index (κ2) is 9.27. The molecule has 12 heteroatoms. The van der Waals surface area contributed by atoms with Crippen molar-refractivity contribution in [3.05, 3.63) is 76.8 Å². The minimum absolute atomic E-state index is 0.0525. The van der Waals surface area contributed by atoms with Crippen LogP contribution in [-0.4, -0.2) is 37.1 Å². The average Bonchev–Trinajstić information content (AvgIpc) is 3.21. The second-order valence-electron chi connectivity index (χ2n) is 7.42. The number of nitrogen functional groups attached to an aromatic ring is 1. The summed E-state index contributed by atoms with van der Waals surface area (Å²) in [5.74, 6) is -0.821. The molecule has 4 rings (SSSR count). The van der Waals surface area contributed by atoms with Gasteiger partial charge in [0.2, 0.25) is 0 Å². The van der Waals surface area contributed by atoms with E-state index in [1.54, 1.807) is 24.3 Å². The van der Waals surface area contributed by atoms with Gasteiger partial charge in [-0.15, -0.1) is 0 Å². The highest BCUT2D eigenvalue weighted by Gasteiger charge is 2.36. The number of amides is 1. The van der Waals surface area contributed by atoms with Crippen molar-refractivity contribution in [2.75, 3.05) is 12.3 Å². The number of nitrogens with zero attached hydrogens (tertiary/aromatic N) is 4. The van der Waals surface area contributed by atoms with E-state index < -0.39 is 23.8 Å². The maximum absolute atomic E-state index is 13.6. The molecule has 34 heavy (non-hydrogen) atoms. The number of hydrogen-bond acceptors (Lipinski definition) is 6. The van der Waals surface area contributed by atoms with Crippen LogP contribution in [0.3, 0.4) is 0 Å². The first-order chi connectivity index (χ1) is 16.1. The summed E-state index contributed by atoms with van der Waals surface area (Å²) in [4.78, 5) is 20.2. The van der Waals surface area contributed by atoms with E-state index in [9.17, 15) is 23.1 Å². The maximum atomic E-state index is 13.6. The Morgan fingerprint density at radius 1 is 1.21 bits per heavy atom. The van der Waals surface area contributed by atoms with Gasteiger partial charge in [-0.3, -0.25) is 9.78 Å². The monoisotopic (exact) mass is 490 g/mol. The molecule has 0 spiro atoms. The molecule has 0 radical (unpaired) electrons. The summed E-state index contributed by atoms with van der Waals surface area (Å²) in [7, 11) is 0. The zero-order chi connectivity index (χ0) is 24.5. The molecule has 0 bridgehead atoms. The summed E-state index contributed by atoms with van der Waals surface area (Å²) in [5.41, 5.74) is 5.37. The predicted molar refractivity (Wildman–Crippen MR) is 119 cm³/mol. The Morgan fingerprint density at radius 3 is 2.65 bits per heavy atom. The first kappa shape index (κ1) is 23.5. The second-order valence-corrected chi connectivity index (χ2v) is 7.86. The summed E-state index contributed by atoms with van der Waals surface area (Å²) in [5, 5.41) is 17.4. The van der Waals surface area contributed by atoms with Gasteiger partial charge < -0.3 is 16.2 Å². The van der Waals surface area contributed by atoms with Gasteiger partial charge in [-0.05, 0) is 36.2 Å². The van der Waals surface area contributed by atoms with Crippen LogP contribution in [0, 0.1) is 0 Å². The molecule has 4 aromatic rings. The number of aromatic nitrogens is 4. The van der Waals surface area contributed by atoms with E-state index in [0.29, 0.717) is 10.6 Å². The number of carbonyl (C=O) groups excluding carboxylic acids is 1. The molecule has 0 aliphatic carbocycles. The molecule has 1 atom stereocenters. The third-order valence-electron chi connectivity index (χ3n) is 5.14. The summed E-state index contributed by atoms with van der Waals surface area (Å²) in [6, 6.07) is 8.98. The normalized spacial score (nSPS) is 12.6. The molecule has 0 fully saturated rings. The fraction of sp³-hybridized carbons (Fsp3) is 0.182. The lowest BCUT2D eigenvalue weighted by Gasteiger charge is -2.12. The fourth-order valence-electron chi connectivity index (χ4n) is 3.47. The molecule has 1 amide bonds. The standard InChI is InChI=1S/C22H18ClF3N6O2/c23-15-3-1-12(2-4-15)18(33)5-6-29-21(34)14-7-13(9-28-10-14)17-8-16(22(24,25)26)19-20(27)30-11-31-32(17)19/h1-4,7-11,18,33H,5-6H2,(H,29,34)(H2,27,30,31). The fourth-order valence-corrected chi connectivity index (χ4v) is 3.60. The summed E-state index contributed by atoms with van der Waals surface area (Å²) < 4.78 is 41.7. The Morgan fingerprint density at radius 2 is 1.94 bits per heavy atom. The Kier molecular flexibility index (Phi) is 6.40. The van der Waals surface area contributed by atoms with E-state index in [4.69, 9.17) is 17.3 Å². The van der Waals surface area contributed by atoms with E-state index in [1.807, 2.05) is 0 Å². The van der Waals surface area contributed by atoms with Crippen LogP contribution in [0.2, 0.25) is 5.02 Å². The van der Waals surface area contributed by atoms with Gasteiger partial charge in [0.1, 0.15) is 11.8 Å². The van der Waals surface area contributed by atoms with Crippen molar-refractivity contribution in [1.82, 2.24) is 24.9 Å². The van der Waals surface area contributed by atoms with Crippen molar-refractivity contribution in [3.63, 3.8) is 0 Å². The Balaban J connectivity index is 1.53. The molecule has 3 heterocycles. The van der Waals surface area contributed by atoms with E-state index in [2.05, 4.69) is 20.4 Å². The highest BCUT2D eigenvalue weighted by molar-refractivity contribution is 6.30. The van der Waals surface area contributed by atoms with Gasteiger partial charge in [-0.1, -0.05) is 23.7 Å². The van der Waals surface area contributed by atoms with Crippen molar-refractivity contribution in [2.45, 2.75) is 18.7 Å². The van der Waals surface area contributed by atoms with Gasteiger partial charge in [-0.2, -0.15) is 18.3 Å². The summed E-state index contributed by atoms with van der Waals surface area (Å²) >= 11 is 5.84. The summed E-state index contributed by atoms with van der Waals surface area (Å²) in [6.45, 7) is 0.156. The minimum Gasteiger partial charge on any atom is -0.388 e. The van der Waals surface area contributed by atoms with Crippen LogP contribution in [0.4, 0.5) is 19.0 Å². The third-order valence-corrected chi connectivity index (χ3v) is 5.39. The number of fused-ring (bicyclic) bond motifs is 1. The van der Waals surface area contributed by atoms with Gasteiger partial charge in [0.05, 0.1) is 22.9 Å². The Hall–Kier alpha value is -3.70. The zero-order valence-electron chi connectivity index (χ0n) is 17.4. The van der Waals surface area contributed by atoms with Crippen LogP contribution < -0.4 is 11.1 Å². The highest BCUT2D eigenvalue weighted by atomic mass is 35.5. The highest BCUT2D eigenvalue weighted by Crippen LogP contribution is 2.38. The number of nitrogens with two attached hydrogens (primary N) is 1. The SMILES string of the molecule is Nc1ncnn2c(-c3cncc(C(=O)NCCC(O)c4ccc(Cl)cc4)c3)cc(C(F)(F)F)c12. The lowest BCUT2D eigenvalue weighted by molar-refractivity contribution is -0.136. The van der Waals surface area contributed by atoms with E-state index in [0.717, 1.165) is 16.9 Å². The van der Waals surface area contributed by atoms with Crippen molar-refractivity contribution in [1.29, 1.82) is 0 Å². The molecular formula is C22H18ClF3N6O2. The predicted octanol–water partition coefficient (Wildman–Crippen LogP) is 3.90. The summed E-state index contributed by atoms with van der Waals surface area (Å²) in [6.07, 6.45) is -1.59. The smallest absolute Gasteiger partial charge is 0.388 e. The molecule has 1 aromatic carbocycles. The lowest BCUT2D eigenvalue weighted by Crippen LogP contribution is -2.25.